The third-order valence-electron chi connectivity index (χ3n) is 5.13. The Morgan fingerprint density at radius 2 is 2.21 bits per heavy atom. The number of carboxylic acids is 1. The molecule has 0 radical (unpaired) electrons. The molecule has 1 fully saturated rings. The van der Waals surface area contributed by atoms with Crippen molar-refractivity contribution in [1.29, 1.82) is 0 Å². The van der Waals surface area contributed by atoms with Gasteiger partial charge in [0.1, 0.15) is 17.0 Å². The van der Waals surface area contributed by atoms with Gasteiger partial charge in [0.05, 0.1) is 5.39 Å². The normalized spacial score (nSPS) is 18.3. The summed E-state index contributed by atoms with van der Waals surface area (Å²) in [6.07, 6.45) is 2.28. The fourth-order valence-corrected chi connectivity index (χ4v) is 3.19. The van der Waals surface area contributed by atoms with E-state index in [2.05, 4.69) is 34.0 Å². The zero-order valence-electron chi connectivity index (χ0n) is 14.1. The van der Waals surface area contributed by atoms with E-state index in [4.69, 9.17) is 5.11 Å². The summed E-state index contributed by atoms with van der Waals surface area (Å²) in [7, 11) is 1.97. The first-order valence-electron chi connectivity index (χ1n) is 8.03. The Morgan fingerprint density at radius 3 is 2.88 bits per heavy atom. The summed E-state index contributed by atoms with van der Waals surface area (Å²) in [4.78, 5) is 32.8. The number of hydrogen-bond donors (Lipinski definition) is 3. The van der Waals surface area contributed by atoms with Crippen LogP contribution in [0.1, 0.15) is 30.6 Å². The van der Waals surface area contributed by atoms with Crippen LogP contribution in [-0.4, -0.2) is 46.7 Å². The van der Waals surface area contributed by atoms with Gasteiger partial charge in [0.2, 0.25) is 5.43 Å². The van der Waals surface area contributed by atoms with Crippen molar-refractivity contribution in [3.63, 3.8) is 0 Å². The highest BCUT2D eigenvalue weighted by molar-refractivity contribution is 5.91. The number of nitrogens with one attached hydrogen (secondary N) is 2. The third kappa shape index (κ3) is 2.75. The molecule has 0 amide bonds. The van der Waals surface area contributed by atoms with Crippen molar-refractivity contribution in [2.45, 2.75) is 25.8 Å². The van der Waals surface area contributed by atoms with Gasteiger partial charge in [0.25, 0.3) is 0 Å². The highest BCUT2D eigenvalue weighted by Gasteiger charge is 2.34. The highest BCUT2D eigenvalue weighted by atomic mass is 16.4. The Bertz CT molecular complexity index is 843. The first-order chi connectivity index (χ1) is 11.3. The van der Waals surface area contributed by atoms with E-state index in [1.54, 1.807) is 12.1 Å². The topological polar surface area (TPSA) is 98.3 Å². The van der Waals surface area contributed by atoms with E-state index in [1.165, 1.54) is 6.20 Å². The number of aromatic amines is 1. The van der Waals surface area contributed by atoms with Gasteiger partial charge in [-0.3, -0.25) is 4.79 Å². The summed E-state index contributed by atoms with van der Waals surface area (Å²) in [5.41, 5.74) is -0.310. The summed E-state index contributed by atoms with van der Waals surface area (Å²) in [6.45, 7) is 6.19. The molecule has 0 aliphatic carbocycles. The van der Waals surface area contributed by atoms with Crippen LogP contribution in [0.5, 0.6) is 0 Å². The van der Waals surface area contributed by atoms with Crippen molar-refractivity contribution < 1.29 is 9.90 Å². The number of pyridine rings is 2. The quantitative estimate of drug-likeness (QED) is 0.785. The number of carboxylic acid groups (broad SMARTS) is 1. The predicted molar refractivity (Wildman–Crippen MR) is 92.8 cm³/mol. The minimum absolute atomic E-state index is 0.0519. The van der Waals surface area contributed by atoms with Gasteiger partial charge in [-0.15, -0.1) is 0 Å². The molecule has 1 aliphatic rings. The maximum absolute atomic E-state index is 12.2. The second-order valence-corrected chi connectivity index (χ2v) is 6.81. The SMILES string of the molecule is CNC(C)(C)C1CCN(c2ccc3c(=O)c(C(=O)O)c[nH]c3n2)C1. The number of nitrogens with zero attached hydrogens (tertiary/aromatic N) is 2. The largest absolute Gasteiger partial charge is 0.477 e. The van der Waals surface area contributed by atoms with E-state index in [1.807, 2.05) is 7.05 Å². The van der Waals surface area contributed by atoms with Crippen molar-refractivity contribution >= 4 is 22.8 Å². The maximum Gasteiger partial charge on any atom is 0.341 e. The van der Waals surface area contributed by atoms with E-state index in [-0.39, 0.29) is 11.1 Å². The zero-order chi connectivity index (χ0) is 17.5. The zero-order valence-corrected chi connectivity index (χ0v) is 14.1. The van der Waals surface area contributed by atoms with Gasteiger partial charge in [-0.25, -0.2) is 9.78 Å². The van der Waals surface area contributed by atoms with E-state index in [0.29, 0.717) is 17.0 Å². The van der Waals surface area contributed by atoms with Crippen LogP contribution >= 0.6 is 0 Å². The summed E-state index contributed by atoms with van der Waals surface area (Å²) in [5, 5.41) is 12.7. The summed E-state index contributed by atoms with van der Waals surface area (Å²) >= 11 is 0. The fraction of sp³-hybridized carbons (Fsp3) is 0.471. The average Bonchev–Trinajstić information content (AvgIpc) is 3.05. The van der Waals surface area contributed by atoms with Gasteiger partial charge < -0.3 is 20.3 Å². The average molecular weight is 330 g/mol. The lowest BCUT2D eigenvalue weighted by Gasteiger charge is -2.31. The van der Waals surface area contributed by atoms with Gasteiger partial charge in [-0.05, 0) is 45.4 Å². The van der Waals surface area contributed by atoms with Crippen LogP contribution in [-0.2, 0) is 0 Å². The number of carbonyl (C=O) groups is 1. The Balaban J connectivity index is 1.91. The molecule has 0 saturated carbocycles. The molecule has 7 heteroatoms. The summed E-state index contributed by atoms with van der Waals surface area (Å²) in [6, 6.07) is 3.44. The molecule has 7 nitrogen and oxygen atoms in total. The van der Waals surface area contributed by atoms with Crippen LogP contribution in [0.15, 0.2) is 23.1 Å². The van der Waals surface area contributed by atoms with Crippen LogP contribution < -0.4 is 15.6 Å². The minimum atomic E-state index is -1.24. The van der Waals surface area contributed by atoms with Crippen LogP contribution in [0.2, 0.25) is 0 Å². The Kier molecular flexibility index (Phi) is 4.04. The molecule has 3 heterocycles. The van der Waals surface area contributed by atoms with E-state index in [9.17, 15) is 9.59 Å². The fourth-order valence-electron chi connectivity index (χ4n) is 3.19. The van der Waals surface area contributed by atoms with Crippen LogP contribution in [0, 0.1) is 5.92 Å². The second kappa shape index (κ2) is 5.90. The van der Waals surface area contributed by atoms with E-state index in [0.717, 1.165) is 25.3 Å². The second-order valence-electron chi connectivity index (χ2n) is 6.81. The highest BCUT2D eigenvalue weighted by Crippen LogP contribution is 2.30. The lowest BCUT2D eigenvalue weighted by Crippen LogP contribution is -2.45. The first-order valence-corrected chi connectivity index (χ1v) is 8.03. The van der Waals surface area contributed by atoms with Crippen molar-refractivity contribution in [1.82, 2.24) is 15.3 Å². The van der Waals surface area contributed by atoms with Crippen molar-refractivity contribution in [2.75, 3.05) is 25.0 Å². The number of anilines is 1. The summed E-state index contributed by atoms with van der Waals surface area (Å²) < 4.78 is 0. The maximum atomic E-state index is 12.2. The van der Waals surface area contributed by atoms with Gasteiger partial charge in [0, 0.05) is 24.8 Å². The summed E-state index contributed by atoms with van der Waals surface area (Å²) in [5.74, 6) is 0.0722. The number of aromatic nitrogens is 2. The number of rotatable bonds is 4. The van der Waals surface area contributed by atoms with Crippen molar-refractivity contribution in [3.05, 3.63) is 34.1 Å². The third-order valence-corrected chi connectivity index (χ3v) is 5.13. The molecular formula is C17H22N4O3. The number of aromatic carboxylic acids is 1. The monoisotopic (exact) mass is 330 g/mol. The molecule has 3 rings (SSSR count). The number of fused-ring (bicyclic) bond motifs is 1. The molecular weight excluding hydrogens is 308 g/mol. The molecule has 1 unspecified atom stereocenters. The van der Waals surface area contributed by atoms with Crippen molar-refractivity contribution in [3.8, 4) is 0 Å². The molecule has 2 aromatic heterocycles. The lowest BCUT2D eigenvalue weighted by atomic mass is 9.87. The van der Waals surface area contributed by atoms with Crippen molar-refractivity contribution in [2.24, 2.45) is 5.92 Å². The predicted octanol–water partition coefficient (Wildman–Crippen LogP) is 1.45. The molecule has 1 saturated heterocycles. The minimum Gasteiger partial charge on any atom is -0.477 e. The molecule has 3 N–H and O–H groups in total. The van der Waals surface area contributed by atoms with Gasteiger partial charge in [-0.1, -0.05) is 0 Å². The Morgan fingerprint density at radius 1 is 1.46 bits per heavy atom. The molecule has 0 bridgehead atoms. The first kappa shape index (κ1) is 16.4. The van der Waals surface area contributed by atoms with Crippen LogP contribution in [0.25, 0.3) is 11.0 Å². The molecule has 2 aromatic rings. The van der Waals surface area contributed by atoms with Crippen LogP contribution in [0.4, 0.5) is 5.82 Å². The molecule has 0 aromatic carbocycles. The van der Waals surface area contributed by atoms with Gasteiger partial charge in [-0.2, -0.15) is 0 Å². The smallest absolute Gasteiger partial charge is 0.341 e. The van der Waals surface area contributed by atoms with Gasteiger partial charge >= 0.3 is 5.97 Å². The molecule has 0 spiro atoms. The molecule has 24 heavy (non-hydrogen) atoms. The molecule has 128 valence electrons. The number of hydrogen-bond acceptors (Lipinski definition) is 5. The lowest BCUT2D eigenvalue weighted by molar-refractivity contribution is 0.0695. The van der Waals surface area contributed by atoms with E-state index < -0.39 is 11.4 Å². The Hall–Kier alpha value is -2.41. The number of H-pyrrole nitrogens is 1. The molecule has 1 aliphatic heterocycles. The standard InChI is InChI=1S/C17H22N4O3/c1-17(2,18-3)10-6-7-21(9-10)13-5-4-11-14(22)12(16(23)24)8-19-15(11)20-13/h4-5,8,10,18H,6-7,9H2,1-3H3,(H,23,24)(H,19,20,22). The molecule has 1 atom stereocenters. The van der Waals surface area contributed by atoms with Gasteiger partial charge in [0.15, 0.2) is 0 Å². The van der Waals surface area contributed by atoms with E-state index >= 15 is 0 Å². The Labute approximate surface area is 139 Å². The van der Waals surface area contributed by atoms with Crippen LogP contribution in [0.3, 0.4) is 0 Å².